The molecule has 1 aromatic carbocycles. The Kier molecular flexibility index (Phi) is 3.84. The molecule has 0 saturated heterocycles. The minimum atomic E-state index is -3.21. The van der Waals surface area contributed by atoms with Crippen molar-refractivity contribution in [2.24, 2.45) is 5.92 Å². The predicted molar refractivity (Wildman–Crippen MR) is 79.6 cm³/mol. The van der Waals surface area contributed by atoms with Gasteiger partial charge < -0.3 is 5.32 Å². The third kappa shape index (κ3) is 4.04. The van der Waals surface area contributed by atoms with Crippen LogP contribution < -0.4 is 10.0 Å². The largest absolute Gasteiger partial charge is 0.310 e. The Morgan fingerprint density at radius 1 is 1.25 bits per heavy atom. The zero-order valence-electron chi connectivity index (χ0n) is 11.8. The van der Waals surface area contributed by atoms with Gasteiger partial charge in [0.05, 0.1) is 5.75 Å². The lowest BCUT2D eigenvalue weighted by Gasteiger charge is -2.08. The Balaban J connectivity index is 1.59. The van der Waals surface area contributed by atoms with E-state index in [0.29, 0.717) is 12.0 Å². The van der Waals surface area contributed by atoms with Gasteiger partial charge in [0.2, 0.25) is 10.0 Å². The van der Waals surface area contributed by atoms with Crippen LogP contribution in [0, 0.1) is 5.92 Å². The fraction of sp³-hybridized carbons (Fsp3) is 0.600. The van der Waals surface area contributed by atoms with Gasteiger partial charge in [0.15, 0.2) is 0 Å². The van der Waals surface area contributed by atoms with E-state index in [1.165, 1.54) is 12.8 Å². The molecule has 2 aliphatic carbocycles. The van der Waals surface area contributed by atoms with Crippen molar-refractivity contribution in [3.05, 3.63) is 35.4 Å². The summed E-state index contributed by atoms with van der Waals surface area (Å²) in [4.78, 5) is 0. The Bertz CT molecular complexity index is 581. The number of benzene rings is 1. The molecule has 0 amide bonds. The monoisotopic (exact) mass is 294 g/mol. The summed E-state index contributed by atoms with van der Waals surface area (Å²) in [5, 5.41) is 3.45. The van der Waals surface area contributed by atoms with E-state index >= 15 is 0 Å². The van der Waals surface area contributed by atoms with Crippen LogP contribution in [0.1, 0.15) is 37.3 Å². The summed E-state index contributed by atoms with van der Waals surface area (Å²) in [5.74, 6) is 0.562. The van der Waals surface area contributed by atoms with Crippen LogP contribution in [0.15, 0.2) is 24.3 Å². The Labute approximate surface area is 121 Å². The first-order valence-electron chi connectivity index (χ1n) is 7.33. The molecule has 3 rings (SSSR count). The van der Waals surface area contributed by atoms with Gasteiger partial charge in [-0.3, -0.25) is 0 Å². The summed E-state index contributed by atoms with van der Waals surface area (Å²) in [6.45, 7) is 2.89. The Hall–Kier alpha value is -0.910. The second-order valence-electron chi connectivity index (χ2n) is 6.17. The standard InChI is InChI=1S/C15H22N2O2S/c1-11-7-15(11)17-20(18,19)10-13-4-2-3-12(8-13)9-16-14-5-6-14/h2-4,8,11,14-17H,5-7,9-10H2,1H3. The summed E-state index contributed by atoms with van der Waals surface area (Å²) in [6.07, 6.45) is 3.49. The molecule has 2 fully saturated rings. The summed E-state index contributed by atoms with van der Waals surface area (Å²) in [7, 11) is -3.21. The smallest absolute Gasteiger partial charge is 0.216 e. The fourth-order valence-corrected chi connectivity index (χ4v) is 3.85. The van der Waals surface area contributed by atoms with Crippen molar-refractivity contribution in [1.82, 2.24) is 10.0 Å². The summed E-state index contributed by atoms with van der Waals surface area (Å²) < 4.78 is 26.9. The second kappa shape index (κ2) is 5.47. The van der Waals surface area contributed by atoms with Gasteiger partial charge in [0.25, 0.3) is 0 Å². The molecule has 0 heterocycles. The summed E-state index contributed by atoms with van der Waals surface area (Å²) in [6, 6.07) is 8.68. The molecule has 4 nitrogen and oxygen atoms in total. The van der Waals surface area contributed by atoms with Gasteiger partial charge in [-0.15, -0.1) is 0 Å². The van der Waals surface area contributed by atoms with Gasteiger partial charge in [-0.05, 0) is 36.3 Å². The van der Waals surface area contributed by atoms with E-state index in [-0.39, 0.29) is 11.8 Å². The Morgan fingerprint density at radius 2 is 1.95 bits per heavy atom. The van der Waals surface area contributed by atoms with Crippen molar-refractivity contribution in [1.29, 1.82) is 0 Å². The maximum Gasteiger partial charge on any atom is 0.216 e. The number of nitrogens with one attached hydrogen (secondary N) is 2. The molecule has 2 unspecified atom stereocenters. The first-order chi connectivity index (χ1) is 9.52. The highest BCUT2D eigenvalue weighted by atomic mass is 32.2. The first-order valence-corrected chi connectivity index (χ1v) is 8.98. The van der Waals surface area contributed by atoms with E-state index in [0.717, 1.165) is 24.1 Å². The molecule has 2 saturated carbocycles. The van der Waals surface area contributed by atoms with Crippen LogP contribution in [-0.4, -0.2) is 20.5 Å². The van der Waals surface area contributed by atoms with E-state index in [1.54, 1.807) is 0 Å². The van der Waals surface area contributed by atoms with Gasteiger partial charge in [0, 0.05) is 18.6 Å². The molecular weight excluding hydrogens is 272 g/mol. The van der Waals surface area contributed by atoms with Gasteiger partial charge in [-0.2, -0.15) is 0 Å². The molecule has 2 atom stereocenters. The lowest BCUT2D eigenvalue weighted by Crippen LogP contribution is -2.28. The Morgan fingerprint density at radius 3 is 2.60 bits per heavy atom. The number of hydrogen-bond acceptors (Lipinski definition) is 3. The highest BCUT2D eigenvalue weighted by Crippen LogP contribution is 2.30. The summed E-state index contributed by atoms with van der Waals surface area (Å²) in [5.41, 5.74) is 2.02. The van der Waals surface area contributed by atoms with Crippen LogP contribution in [0.5, 0.6) is 0 Å². The molecular formula is C15H22N2O2S. The molecule has 0 bridgehead atoms. The van der Waals surface area contributed by atoms with E-state index in [4.69, 9.17) is 0 Å². The van der Waals surface area contributed by atoms with Crippen LogP contribution >= 0.6 is 0 Å². The van der Waals surface area contributed by atoms with Crippen molar-refractivity contribution < 1.29 is 8.42 Å². The molecule has 2 N–H and O–H groups in total. The molecule has 110 valence electrons. The minimum absolute atomic E-state index is 0.0769. The van der Waals surface area contributed by atoms with Gasteiger partial charge >= 0.3 is 0 Å². The topological polar surface area (TPSA) is 58.2 Å². The van der Waals surface area contributed by atoms with Crippen LogP contribution in [0.2, 0.25) is 0 Å². The van der Waals surface area contributed by atoms with Crippen molar-refractivity contribution in [2.45, 2.75) is 50.6 Å². The third-order valence-electron chi connectivity index (χ3n) is 3.96. The lowest BCUT2D eigenvalue weighted by atomic mass is 10.1. The quantitative estimate of drug-likeness (QED) is 0.806. The van der Waals surface area contributed by atoms with Crippen molar-refractivity contribution in [3.63, 3.8) is 0 Å². The highest BCUT2D eigenvalue weighted by Gasteiger charge is 2.35. The van der Waals surface area contributed by atoms with Crippen molar-refractivity contribution in [3.8, 4) is 0 Å². The summed E-state index contributed by atoms with van der Waals surface area (Å²) >= 11 is 0. The number of rotatable bonds is 7. The zero-order valence-corrected chi connectivity index (χ0v) is 12.6. The van der Waals surface area contributed by atoms with Crippen molar-refractivity contribution >= 4 is 10.0 Å². The lowest BCUT2D eigenvalue weighted by molar-refractivity contribution is 0.577. The highest BCUT2D eigenvalue weighted by molar-refractivity contribution is 7.88. The average molecular weight is 294 g/mol. The maximum atomic E-state index is 12.1. The maximum absolute atomic E-state index is 12.1. The fourth-order valence-electron chi connectivity index (χ4n) is 2.36. The molecule has 0 aromatic heterocycles. The number of hydrogen-bond donors (Lipinski definition) is 2. The molecule has 5 heteroatoms. The zero-order chi connectivity index (χ0) is 14.2. The SMILES string of the molecule is CC1CC1NS(=O)(=O)Cc1cccc(CNC2CC2)c1. The van der Waals surface area contributed by atoms with Crippen molar-refractivity contribution in [2.75, 3.05) is 0 Å². The number of sulfonamides is 1. The van der Waals surface area contributed by atoms with Crippen LogP contribution in [-0.2, 0) is 22.3 Å². The predicted octanol–water partition coefficient (Wildman–Crippen LogP) is 1.77. The average Bonchev–Trinajstić information content (AvgIpc) is 3.27. The molecule has 0 aliphatic heterocycles. The minimum Gasteiger partial charge on any atom is -0.310 e. The molecule has 0 radical (unpaired) electrons. The van der Waals surface area contributed by atoms with Crippen LogP contribution in [0.4, 0.5) is 0 Å². The normalized spacial score (nSPS) is 25.6. The van der Waals surface area contributed by atoms with E-state index in [2.05, 4.69) is 17.0 Å². The van der Waals surface area contributed by atoms with Gasteiger partial charge in [0.1, 0.15) is 0 Å². The molecule has 1 aromatic rings. The van der Waals surface area contributed by atoms with E-state index in [9.17, 15) is 8.42 Å². The van der Waals surface area contributed by atoms with Gasteiger partial charge in [-0.1, -0.05) is 31.2 Å². The first kappa shape index (κ1) is 14.0. The molecule has 2 aliphatic rings. The second-order valence-corrected chi connectivity index (χ2v) is 7.93. The third-order valence-corrected chi connectivity index (χ3v) is 5.34. The van der Waals surface area contributed by atoms with Gasteiger partial charge in [-0.25, -0.2) is 13.1 Å². The van der Waals surface area contributed by atoms with E-state index < -0.39 is 10.0 Å². The van der Waals surface area contributed by atoms with Crippen LogP contribution in [0.25, 0.3) is 0 Å². The molecule has 20 heavy (non-hydrogen) atoms. The molecule has 0 spiro atoms. The van der Waals surface area contributed by atoms with E-state index in [1.807, 2.05) is 24.3 Å². The van der Waals surface area contributed by atoms with Crippen LogP contribution in [0.3, 0.4) is 0 Å².